The molecule has 6 nitrogen and oxygen atoms in total. The average molecular weight is 488 g/mol. The number of nitrogens with zero attached hydrogens (tertiary/aromatic N) is 5. The van der Waals surface area contributed by atoms with Crippen LogP contribution in [0.4, 0.5) is 0 Å². The van der Waals surface area contributed by atoms with Crippen LogP contribution in [0.25, 0.3) is 38.9 Å². The zero-order valence-corrected chi connectivity index (χ0v) is 21.0. The largest absolute Gasteiger partial charge is 0.321 e. The van der Waals surface area contributed by atoms with Crippen molar-refractivity contribution in [2.45, 2.75) is 44.2 Å². The average Bonchev–Trinajstić information content (AvgIpc) is 3.35. The van der Waals surface area contributed by atoms with Crippen molar-refractivity contribution in [2.24, 2.45) is 5.73 Å². The molecular formula is C31H31N6. The molecule has 5 aromatic rings. The summed E-state index contributed by atoms with van der Waals surface area (Å²) in [6.45, 7) is 2.97. The van der Waals surface area contributed by atoms with Crippen LogP contribution in [0.2, 0.25) is 0 Å². The van der Waals surface area contributed by atoms with Crippen molar-refractivity contribution in [1.29, 1.82) is 0 Å². The Morgan fingerprint density at radius 1 is 0.865 bits per heavy atom. The van der Waals surface area contributed by atoms with Gasteiger partial charge in [0.15, 0.2) is 11.5 Å². The third-order valence-electron chi connectivity index (χ3n) is 8.17. The lowest BCUT2D eigenvalue weighted by Gasteiger charge is -2.38. The SMILES string of the molecule is NC1(c2ccc(-c3nc4ccn5c(CN6CC[CH]CC6)nnc5c4cc3-c3ccccc3)cc2)CCC1. The van der Waals surface area contributed by atoms with E-state index in [-0.39, 0.29) is 5.54 Å². The van der Waals surface area contributed by atoms with E-state index >= 15 is 0 Å². The van der Waals surface area contributed by atoms with Crippen molar-refractivity contribution in [2.75, 3.05) is 13.1 Å². The maximum Gasteiger partial charge on any atom is 0.170 e. The normalized spacial score (nSPS) is 17.8. The highest BCUT2D eigenvalue weighted by molar-refractivity contribution is 5.98. The second kappa shape index (κ2) is 9.05. The Labute approximate surface area is 217 Å². The maximum atomic E-state index is 6.59. The number of hydrogen-bond donors (Lipinski definition) is 1. The quantitative estimate of drug-likeness (QED) is 0.342. The van der Waals surface area contributed by atoms with Crippen molar-refractivity contribution in [3.8, 4) is 22.4 Å². The van der Waals surface area contributed by atoms with Gasteiger partial charge in [0, 0.05) is 28.2 Å². The number of benzene rings is 2. The van der Waals surface area contributed by atoms with Crippen LogP contribution >= 0.6 is 0 Å². The minimum atomic E-state index is -0.166. The van der Waals surface area contributed by atoms with Crippen LogP contribution in [0, 0.1) is 6.42 Å². The summed E-state index contributed by atoms with van der Waals surface area (Å²) in [5.74, 6) is 0.978. The Morgan fingerprint density at radius 3 is 2.38 bits per heavy atom. The van der Waals surface area contributed by atoms with E-state index in [9.17, 15) is 0 Å². The van der Waals surface area contributed by atoms with Gasteiger partial charge >= 0.3 is 0 Å². The third-order valence-corrected chi connectivity index (χ3v) is 8.17. The standard InChI is InChI=1S/C31H31N6/c32-31(15-7-16-31)24-12-10-23(11-13-24)29-25(22-8-3-1-4-9-22)20-26-27(33-29)14-19-37-28(34-35-30(26)37)21-36-17-5-2-6-18-36/h1-4,8-14,19-20H,5-7,15-18,21,32H2. The molecule has 2 N–H and O–H groups in total. The molecule has 0 bridgehead atoms. The molecule has 1 aliphatic heterocycles. The van der Waals surface area contributed by atoms with E-state index < -0.39 is 0 Å². The minimum absolute atomic E-state index is 0.166. The van der Waals surface area contributed by atoms with Crippen molar-refractivity contribution >= 4 is 16.6 Å². The van der Waals surface area contributed by atoms with Crippen LogP contribution in [-0.4, -0.2) is 37.6 Å². The second-order valence-electron chi connectivity index (χ2n) is 10.5. The summed E-state index contributed by atoms with van der Waals surface area (Å²) in [5.41, 5.74) is 13.7. The summed E-state index contributed by atoms with van der Waals surface area (Å²) in [4.78, 5) is 7.65. The van der Waals surface area contributed by atoms with Gasteiger partial charge < -0.3 is 5.73 Å². The first-order chi connectivity index (χ1) is 18.2. The summed E-state index contributed by atoms with van der Waals surface area (Å²) < 4.78 is 2.13. The molecule has 0 amide bonds. The van der Waals surface area contributed by atoms with E-state index in [1.165, 1.54) is 12.0 Å². The third kappa shape index (κ3) is 4.01. The molecule has 185 valence electrons. The van der Waals surface area contributed by atoms with Gasteiger partial charge in [0.25, 0.3) is 0 Å². The monoisotopic (exact) mass is 487 g/mol. The molecule has 4 heterocycles. The highest BCUT2D eigenvalue weighted by Crippen LogP contribution is 2.40. The van der Waals surface area contributed by atoms with E-state index in [2.05, 4.69) is 92.8 Å². The number of hydrogen-bond acceptors (Lipinski definition) is 5. The van der Waals surface area contributed by atoms with E-state index in [0.29, 0.717) is 0 Å². The number of rotatable bonds is 5. The predicted octanol–water partition coefficient (Wildman–Crippen LogP) is 5.75. The summed E-state index contributed by atoms with van der Waals surface area (Å²) >= 11 is 0. The van der Waals surface area contributed by atoms with Gasteiger partial charge in [-0.15, -0.1) is 10.2 Å². The fraction of sp³-hybridized carbons (Fsp3) is 0.290. The molecular weight excluding hydrogens is 456 g/mol. The van der Waals surface area contributed by atoms with Crippen LogP contribution in [0.15, 0.2) is 72.9 Å². The summed E-state index contributed by atoms with van der Waals surface area (Å²) in [5, 5.41) is 10.2. The first-order valence-corrected chi connectivity index (χ1v) is 13.3. The van der Waals surface area contributed by atoms with E-state index in [4.69, 9.17) is 10.7 Å². The van der Waals surface area contributed by atoms with Gasteiger partial charge in [-0.25, -0.2) is 4.98 Å². The highest BCUT2D eigenvalue weighted by atomic mass is 15.3. The number of piperidine rings is 1. The van der Waals surface area contributed by atoms with Crippen molar-refractivity contribution in [3.05, 3.63) is 90.7 Å². The van der Waals surface area contributed by atoms with Crippen LogP contribution in [0.5, 0.6) is 0 Å². The van der Waals surface area contributed by atoms with Gasteiger partial charge in [0.1, 0.15) is 0 Å². The molecule has 2 aromatic carbocycles. The lowest BCUT2D eigenvalue weighted by Crippen LogP contribution is -2.43. The van der Waals surface area contributed by atoms with E-state index in [0.717, 1.165) is 90.1 Å². The number of likely N-dealkylation sites (tertiary alicyclic amines) is 1. The van der Waals surface area contributed by atoms with E-state index in [1.807, 2.05) is 6.07 Å². The van der Waals surface area contributed by atoms with Crippen molar-refractivity contribution in [1.82, 2.24) is 24.5 Å². The van der Waals surface area contributed by atoms with E-state index in [1.54, 1.807) is 0 Å². The topological polar surface area (TPSA) is 72.3 Å². The first kappa shape index (κ1) is 22.6. The molecule has 37 heavy (non-hydrogen) atoms. The predicted molar refractivity (Wildman–Crippen MR) is 148 cm³/mol. The Kier molecular flexibility index (Phi) is 5.52. The number of pyridine rings is 2. The molecule has 1 saturated carbocycles. The molecule has 0 spiro atoms. The van der Waals surface area contributed by atoms with Gasteiger partial charge in [-0.3, -0.25) is 9.30 Å². The Hall–Kier alpha value is -3.61. The molecule has 6 heteroatoms. The number of nitrogens with two attached hydrogens (primary N) is 1. The van der Waals surface area contributed by atoms with Gasteiger partial charge in [0.05, 0.1) is 17.8 Å². The lowest BCUT2D eigenvalue weighted by molar-refractivity contribution is 0.239. The van der Waals surface area contributed by atoms with Crippen LogP contribution < -0.4 is 5.73 Å². The van der Waals surface area contributed by atoms with Gasteiger partial charge in [0.2, 0.25) is 0 Å². The van der Waals surface area contributed by atoms with Crippen LogP contribution in [-0.2, 0) is 12.1 Å². The Morgan fingerprint density at radius 2 is 1.65 bits per heavy atom. The lowest BCUT2D eigenvalue weighted by atomic mass is 9.72. The first-order valence-electron chi connectivity index (χ1n) is 13.3. The smallest absolute Gasteiger partial charge is 0.170 e. The number of aromatic nitrogens is 4. The molecule has 1 saturated heterocycles. The summed E-state index contributed by atoms with van der Waals surface area (Å²) in [7, 11) is 0. The van der Waals surface area contributed by atoms with Crippen molar-refractivity contribution < 1.29 is 0 Å². The van der Waals surface area contributed by atoms with Gasteiger partial charge in [-0.05, 0) is 74.9 Å². The van der Waals surface area contributed by atoms with Crippen LogP contribution in [0.1, 0.15) is 43.5 Å². The zero-order valence-electron chi connectivity index (χ0n) is 21.0. The summed E-state index contributed by atoms with van der Waals surface area (Å²) in [6.07, 6.45) is 10.0. The maximum absolute atomic E-state index is 6.59. The molecule has 7 rings (SSSR count). The molecule has 3 aromatic heterocycles. The molecule has 0 unspecified atom stereocenters. The fourth-order valence-corrected chi connectivity index (χ4v) is 5.78. The molecule has 2 aliphatic rings. The second-order valence-corrected chi connectivity index (χ2v) is 10.5. The molecule has 1 aliphatic carbocycles. The zero-order chi connectivity index (χ0) is 24.8. The number of fused-ring (bicyclic) bond motifs is 3. The molecule has 0 atom stereocenters. The summed E-state index contributed by atoms with van der Waals surface area (Å²) in [6, 6.07) is 23.5. The van der Waals surface area contributed by atoms with Gasteiger partial charge in [-0.2, -0.15) is 0 Å². The van der Waals surface area contributed by atoms with Crippen molar-refractivity contribution in [3.63, 3.8) is 0 Å². The minimum Gasteiger partial charge on any atom is -0.321 e. The van der Waals surface area contributed by atoms with Gasteiger partial charge in [-0.1, -0.05) is 54.6 Å². The molecule has 2 fully saturated rings. The Balaban J connectivity index is 1.34. The highest BCUT2D eigenvalue weighted by Gasteiger charge is 2.34. The Bertz CT molecular complexity index is 1560. The fourth-order valence-electron chi connectivity index (χ4n) is 5.78. The molecule has 1 radical (unpaired) electrons. The van der Waals surface area contributed by atoms with Crippen LogP contribution in [0.3, 0.4) is 0 Å².